The van der Waals surface area contributed by atoms with Crippen molar-refractivity contribution < 1.29 is 5.11 Å². The van der Waals surface area contributed by atoms with E-state index in [1.165, 1.54) is 11.1 Å². The molecule has 2 nitrogen and oxygen atoms in total. The fourth-order valence-corrected chi connectivity index (χ4v) is 2.23. The second-order valence-electron chi connectivity index (χ2n) is 3.23. The lowest BCUT2D eigenvalue weighted by atomic mass is 10.1. The van der Waals surface area contributed by atoms with Gasteiger partial charge in [-0.15, -0.1) is 0 Å². The summed E-state index contributed by atoms with van der Waals surface area (Å²) in [6.07, 6.45) is 0. The number of hydrogen-bond donors (Lipinski definition) is 2. The standard InChI is InChI=1S/C11H17NOS/c1-9-3-2-4-10(7-9)11(8-12)14-6-5-13/h2-4,7,11,13H,5-6,8,12H2,1H3. The van der Waals surface area contributed by atoms with Crippen molar-refractivity contribution in [3.8, 4) is 0 Å². The summed E-state index contributed by atoms with van der Waals surface area (Å²) in [6, 6.07) is 8.37. The van der Waals surface area contributed by atoms with Crippen LogP contribution in [0.2, 0.25) is 0 Å². The zero-order valence-corrected chi connectivity index (χ0v) is 9.26. The first-order chi connectivity index (χ1) is 6.77. The number of benzene rings is 1. The van der Waals surface area contributed by atoms with Crippen LogP contribution in [0.3, 0.4) is 0 Å². The average molecular weight is 211 g/mol. The molecule has 0 radical (unpaired) electrons. The number of rotatable bonds is 5. The van der Waals surface area contributed by atoms with Gasteiger partial charge in [-0.1, -0.05) is 29.8 Å². The SMILES string of the molecule is Cc1cccc(C(CN)SCCO)c1. The molecule has 1 atom stereocenters. The molecule has 0 bridgehead atoms. The fourth-order valence-electron chi connectivity index (χ4n) is 1.37. The molecule has 0 saturated heterocycles. The molecule has 0 aliphatic heterocycles. The van der Waals surface area contributed by atoms with Crippen molar-refractivity contribution in [1.82, 2.24) is 0 Å². The molecule has 0 aliphatic carbocycles. The number of aryl methyl sites for hydroxylation is 1. The van der Waals surface area contributed by atoms with Gasteiger partial charge in [0.15, 0.2) is 0 Å². The van der Waals surface area contributed by atoms with Crippen molar-refractivity contribution in [1.29, 1.82) is 0 Å². The van der Waals surface area contributed by atoms with Crippen molar-refractivity contribution in [2.75, 3.05) is 18.9 Å². The molecule has 1 rings (SSSR count). The molecule has 14 heavy (non-hydrogen) atoms. The molecule has 0 heterocycles. The molecule has 1 aromatic rings. The predicted molar refractivity (Wildman–Crippen MR) is 62.5 cm³/mol. The van der Waals surface area contributed by atoms with Crippen LogP contribution >= 0.6 is 11.8 Å². The molecule has 0 aliphatic rings. The molecular weight excluding hydrogens is 194 g/mol. The zero-order chi connectivity index (χ0) is 10.4. The number of hydrogen-bond acceptors (Lipinski definition) is 3. The van der Waals surface area contributed by atoms with E-state index in [-0.39, 0.29) is 6.61 Å². The van der Waals surface area contributed by atoms with Gasteiger partial charge in [-0.25, -0.2) is 0 Å². The number of nitrogens with two attached hydrogens (primary N) is 1. The Kier molecular flexibility index (Phi) is 5.01. The third-order valence-electron chi connectivity index (χ3n) is 2.04. The quantitative estimate of drug-likeness (QED) is 0.779. The topological polar surface area (TPSA) is 46.2 Å². The van der Waals surface area contributed by atoms with Crippen molar-refractivity contribution in [2.45, 2.75) is 12.2 Å². The van der Waals surface area contributed by atoms with Gasteiger partial charge in [0, 0.05) is 17.5 Å². The van der Waals surface area contributed by atoms with E-state index in [9.17, 15) is 0 Å². The highest BCUT2D eigenvalue weighted by atomic mass is 32.2. The van der Waals surface area contributed by atoms with E-state index in [4.69, 9.17) is 10.8 Å². The Morgan fingerprint density at radius 2 is 2.29 bits per heavy atom. The van der Waals surface area contributed by atoms with Gasteiger partial charge in [0.05, 0.1) is 6.61 Å². The minimum Gasteiger partial charge on any atom is -0.396 e. The maximum absolute atomic E-state index is 8.75. The highest BCUT2D eigenvalue weighted by Gasteiger charge is 2.09. The summed E-state index contributed by atoms with van der Waals surface area (Å²) in [5, 5.41) is 9.06. The average Bonchev–Trinajstić information content (AvgIpc) is 2.19. The van der Waals surface area contributed by atoms with Crippen LogP contribution in [0.4, 0.5) is 0 Å². The summed E-state index contributed by atoms with van der Waals surface area (Å²) in [5.41, 5.74) is 8.20. The summed E-state index contributed by atoms with van der Waals surface area (Å²) in [4.78, 5) is 0. The molecule has 0 aromatic heterocycles. The van der Waals surface area contributed by atoms with Gasteiger partial charge in [-0.3, -0.25) is 0 Å². The Labute approximate surface area is 89.5 Å². The lowest BCUT2D eigenvalue weighted by molar-refractivity contribution is 0.322. The number of aliphatic hydroxyl groups excluding tert-OH is 1. The van der Waals surface area contributed by atoms with E-state index < -0.39 is 0 Å². The maximum atomic E-state index is 8.75. The largest absolute Gasteiger partial charge is 0.396 e. The monoisotopic (exact) mass is 211 g/mol. The molecule has 3 heteroatoms. The van der Waals surface area contributed by atoms with E-state index >= 15 is 0 Å². The van der Waals surface area contributed by atoms with Crippen LogP contribution in [0.1, 0.15) is 16.4 Å². The first-order valence-corrected chi connectivity index (χ1v) is 5.82. The van der Waals surface area contributed by atoms with Gasteiger partial charge in [0.1, 0.15) is 0 Å². The Hall–Kier alpha value is -0.510. The summed E-state index contributed by atoms with van der Waals surface area (Å²) in [7, 11) is 0. The fraction of sp³-hybridized carbons (Fsp3) is 0.455. The first-order valence-electron chi connectivity index (χ1n) is 4.77. The highest BCUT2D eigenvalue weighted by molar-refractivity contribution is 7.99. The predicted octanol–water partition coefficient (Wildman–Crippen LogP) is 1.72. The van der Waals surface area contributed by atoms with Gasteiger partial charge in [-0.05, 0) is 12.5 Å². The van der Waals surface area contributed by atoms with Crippen LogP contribution < -0.4 is 5.73 Å². The zero-order valence-electron chi connectivity index (χ0n) is 8.44. The van der Waals surface area contributed by atoms with Gasteiger partial charge >= 0.3 is 0 Å². The van der Waals surface area contributed by atoms with E-state index in [1.54, 1.807) is 11.8 Å². The number of thioether (sulfide) groups is 1. The minimum atomic E-state index is 0.215. The van der Waals surface area contributed by atoms with Crippen LogP contribution in [0.25, 0.3) is 0 Å². The second kappa shape index (κ2) is 6.06. The van der Waals surface area contributed by atoms with Gasteiger partial charge < -0.3 is 10.8 Å². The summed E-state index contributed by atoms with van der Waals surface area (Å²) in [5.74, 6) is 0.746. The van der Waals surface area contributed by atoms with Crippen molar-refractivity contribution in [3.63, 3.8) is 0 Å². The summed E-state index contributed by atoms with van der Waals surface area (Å²) >= 11 is 1.71. The van der Waals surface area contributed by atoms with Crippen LogP contribution in [-0.2, 0) is 0 Å². The van der Waals surface area contributed by atoms with Crippen molar-refractivity contribution >= 4 is 11.8 Å². The van der Waals surface area contributed by atoms with Gasteiger partial charge in [0.25, 0.3) is 0 Å². The molecule has 1 unspecified atom stereocenters. The smallest absolute Gasteiger partial charge is 0.0521 e. The van der Waals surface area contributed by atoms with Crippen LogP contribution in [0.15, 0.2) is 24.3 Å². The molecule has 0 spiro atoms. The van der Waals surface area contributed by atoms with Crippen molar-refractivity contribution in [3.05, 3.63) is 35.4 Å². The van der Waals surface area contributed by atoms with E-state index in [1.807, 2.05) is 6.07 Å². The van der Waals surface area contributed by atoms with E-state index in [2.05, 4.69) is 25.1 Å². The lowest BCUT2D eigenvalue weighted by Crippen LogP contribution is -2.10. The molecule has 78 valence electrons. The molecule has 3 N–H and O–H groups in total. The maximum Gasteiger partial charge on any atom is 0.0521 e. The highest BCUT2D eigenvalue weighted by Crippen LogP contribution is 2.27. The van der Waals surface area contributed by atoms with Crippen LogP contribution in [-0.4, -0.2) is 24.0 Å². The van der Waals surface area contributed by atoms with E-state index in [0.717, 1.165) is 5.75 Å². The summed E-state index contributed by atoms with van der Waals surface area (Å²) < 4.78 is 0. The Morgan fingerprint density at radius 3 is 2.86 bits per heavy atom. The summed E-state index contributed by atoms with van der Waals surface area (Å²) in [6.45, 7) is 2.91. The van der Waals surface area contributed by atoms with Crippen LogP contribution in [0, 0.1) is 6.92 Å². The van der Waals surface area contributed by atoms with Crippen molar-refractivity contribution in [2.24, 2.45) is 5.73 Å². The minimum absolute atomic E-state index is 0.215. The van der Waals surface area contributed by atoms with Gasteiger partial charge in [-0.2, -0.15) is 11.8 Å². The Balaban J connectivity index is 2.68. The molecule has 0 fully saturated rings. The Morgan fingerprint density at radius 1 is 1.50 bits per heavy atom. The molecular formula is C11H17NOS. The molecule has 0 saturated carbocycles. The third kappa shape index (κ3) is 3.33. The normalized spacial score (nSPS) is 12.8. The van der Waals surface area contributed by atoms with Gasteiger partial charge in [0.2, 0.25) is 0 Å². The van der Waals surface area contributed by atoms with Crippen LogP contribution in [0.5, 0.6) is 0 Å². The molecule has 1 aromatic carbocycles. The molecule has 0 amide bonds. The Bertz CT molecular complexity index is 278. The number of aliphatic hydroxyl groups is 1. The van der Waals surface area contributed by atoms with E-state index in [0.29, 0.717) is 11.8 Å². The first kappa shape index (κ1) is 11.6. The second-order valence-corrected chi connectivity index (χ2v) is 4.54. The third-order valence-corrected chi connectivity index (χ3v) is 3.32. The lowest BCUT2D eigenvalue weighted by Gasteiger charge is -2.14.